The summed E-state index contributed by atoms with van der Waals surface area (Å²) in [6.07, 6.45) is -5.01. The number of aryl methyl sites for hydroxylation is 1. The van der Waals surface area contributed by atoms with Gasteiger partial charge in [-0.05, 0) is 62.4 Å². The SMILES string of the molecule is C[C@](N)(COP(=O)(O)O)c1nnc(-c2ccc(OCCCCCc3cccc(C(F)(F)F)c3)c(C(F)F)c2)s1. The summed E-state index contributed by atoms with van der Waals surface area (Å²) < 4.78 is 87.0. The molecule has 0 aliphatic heterocycles. The van der Waals surface area contributed by atoms with Gasteiger partial charge in [-0.15, -0.1) is 10.2 Å². The number of rotatable bonds is 13. The number of ether oxygens (including phenoxy) is 1. The van der Waals surface area contributed by atoms with Crippen molar-refractivity contribution in [2.24, 2.45) is 5.73 Å². The molecule has 1 atom stereocenters. The maximum atomic E-state index is 13.8. The fourth-order valence-corrected chi connectivity index (χ4v) is 4.85. The van der Waals surface area contributed by atoms with Crippen LogP contribution >= 0.6 is 19.2 Å². The third-order valence-corrected chi connectivity index (χ3v) is 7.28. The van der Waals surface area contributed by atoms with Crippen LogP contribution in [0.4, 0.5) is 22.0 Å². The quantitative estimate of drug-likeness (QED) is 0.120. The van der Waals surface area contributed by atoms with Gasteiger partial charge >= 0.3 is 14.0 Å². The van der Waals surface area contributed by atoms with E-state index >= 15 is 0 Å². The first-order valence-corrected chi connectivity index (χ1v) is 14.0. The molecule has 8 nitrogen and oxygen atoms in total. The highest BCUT2D eigenvalue weighted by atomic mass is 32.1. The van der Waals surface area contributed by atoms with Crippen molar-refractivity contribution in [3.8, 4) is 16.3 Å². The molecule has 214 valence electrons. The zero-order valence-corrected chi connectivity index (χ0v) is 22.4. The minimum Gasteiger partial charge on any atom is -0.493 e. The van der Waals surface area contributed by atoms with E-state index in [0.29, 0.717) is 36.8 Å². The van der Waals surface area contributed by atoms with Crippen molar-refractivity contribution in [2.45, 2.75) is 50.7 Å². The third kappa shape index (κ3) is 9.30. The lowest BCUT2D eigenvalue weighted by Gasteiger charge is -2.21. The summed E-state index contributed by atoms with van der Waals surface area (Å²) in [6, 6.07) is 9.28. The highest BCUT2D eigenvalue weighted by molar-refractivity contribution is 7.46. The van der Waals surface area contributed by atoms with Gasteiger partial charge in [0.2, 0.25) is 0 Å². The van der Waals surface area contributed by atoms with Crippen molar-refractivity contribution in [3.05, 3.63) is 64.2 Å². The fraction of sp³-hybridized carbons (Fsp3) is 0.417. The molecule has 1 heterocycles. The van der Waals surface area contributed by atoms with Crippen LogP contribution in [-0.2, 0) is 27.2 Å². The summed E-state index contributed by atoms with van der Waals surface area (Å²) in [5, 5.41) is 8.33. The summed E-state index contributed by atoms with van der Waals surface area (Å²) in [6.45, 7) is 1.05. The number of hydrogen-bond donors (Lipinski definition) is 3. The number of nitrogens with two attached hydrogens (primary N) is 1. The first kappa shape index (κ1) is 31.1. The minimum atomic E-state index is -4.75. The van der Waals surface area contributed by atoms with Crippen molar-refractivity contribution in [2.75, 3.05) is 13.2 Å². The van der Waals surface area contributed by atoms with Gasteiger partial charge in [0.15, 0.2) is 0 Å². The molecule has 4 N–H and O–H groups in total. The number of unbranched alkanes of at least 4 members (excludes halogenated alkanes) is 2. The zero-order valence-electron chi connectivity index (χ0n) is 20.7. The fourth-order valence-electron chi connectivity index (χ4n) is 3.53. The van der Waals surface area contributed by atoms with E-state index in [1.54, 1.807) is 6.07 Å². The summed E-state index contributed by atoms with van der Waals surface area (Å²) in [5.74, 6) is -0.00456. The maximum Gasteiger partial charge on any atom is 0.469 e. The molecular formula is C24H27F5N3O5PS. The summed E-state index contributed by atoms with van der Waals surface area (Å²) >= 11 is 0.969. The van der Waals surface area contributed by atoms with Gasteiger partial charge in [-0.2, -0.15) is 13.2 Å². The van der Waals surface area contributed by atoms with Gasteiger partial charge < -0.3 is 20.3 Å². The Labute approximate surface area is 225 Å². The first-order chi connectivity index (χ1) is 18.2. The first-order valence-electron chi connectivity index (χ1n) is 11.7. The molecule has 0 radical (unpaired) electrons. The van der Waals surface area contributed by atoms with Gasteiger partial charge in [0, 0.05) is 5.56 Å². The molecular weight excluding hydrogens is 568 g/mol. The van der Waals surface area contributed by atoms with Gasteiger partial charge in [0.25, 0.3) is 6.43 Å². The Kier molecular flexibility index (Phi) is 10.2. The van der Waals surface area contributed by atoms with Gasteiger partial charge in [-0.1, -0.05) is 29.5 Å². The van der Waals surface area contributed by atoms with E-state index in [1.807, 2.05) is 0 Å². The van der Waals surface area contributed by atoms with E-state index in [2.05, 4.69) is 14.7 Å². The van der Waals surface area contributed by atoms with Crippen LogP contribution in [0.3, 0.4) is 0 Å². The molecule has 0 unspecified atom stereocenters. The predicted octanol–water partition coefficient (Wildman–Crippen LogP) is 6.24. The van der Waals surface area contributed by atoms with Crippen molar-refractivity contribution in [1.82, 2.24) is 10.2 Å². The van der Waals surface area contributed by atoms with Crippen LogP contribution in [0.1, 0.15) is 54.3 Å². The Balaban J connectivity index is 1.56. The van der Waals surface area contributed by atoms with Crippen molar-refractivity contribution < 1.29 is 45.6 Å². The standard InChI is InChI=1S/C24H27F5N3O5PS/c1-23(30,14-37-38(33,34)35)22-32-31-21(39-22)16-9-10-19(18(13-16)20(25)26)36-11-4-2-3-6-15-7-5-8-17(12-15)24(27,28)29/h5,7-10,12-13,20H,2-4,6,11,14,30H2,1H3,(H2,33,34,35)/t23-/m0/s1. The molecule has 1 aromatic heterocycles. The monoisotopic (exact) mass is 595 g/mol. The lowest BCUT2D eigenvalue weighted by atomic mass is 10.0. The topological polar surface area (TPSA) is 128 Å². The molecule has 0 aliphatic carbocycles. The second-order valence-corrected chi connectivity index (χ2v) is 11.2. The smallest absolute Gasteiger partial charge is 0.469 e. The van der Waals surface area contributed by atoms with Crippen molar-refractivity contribution >= 4 is 19.2 Å². The largest absolute Gasteiger partial charge is 0.493 e. The Morgan fingerprint density at radius 1 is 1.08 bits per heavy atom. The Morgan fingerprint density at radius 3 is 2.49 bits per heavy atom. The molecule has 15 heteroatoms. The van der Waals surface area contributed by atoms with Crippen LogP contribution in [0.2, 0.25) is 0 Å². The summed E-state index contributed by atoms with van der Waals surface area (Å²) in [4.78, 5) is 17.8. The van der Waals surface area contributed by atoms with Crippen LogP contribution in [-0.4, -0.2) is 33.2 Å². The van der Waals surface area contributed by atoms with Crippen molar-refractivity contribution in [1.29, 1.82) is 0 Å². The number of aromatic nitrogens is 2. The number of phosphoric ester groups is 1. The molecule has 0 aliphatic rings. The molecule has 3 rings (SSSR count). The van der Waals surface area contributed by atoms with E-state index in [1.165, 1.54) is 31.2 Å². The third-order valence-electron chi connectivity index (χ3n) is 5.56. The van der Waals surface area contributed by atoms with E-state index in [4.69, 9.17) is 20.3 Å². The molecule has 0 fully saturated rings. The summed E-state index contributed by atoms with van der Waals surface area (Å²) in [7, 11) is -4.75. The molecule has 0 bridgehead atoms. The van der Waals surface area contributed by atoms with Crippen LogP contribution in [0.15, 0.2) is 42.5 Å². The van der Waals surface area contributed by atoms with Gasteiger partial charge in [-0.25, -0.2) is 13.3 Å². The highest BCUT2D eigenvalue weighted by Gasteiger charge is 2.31. The molecule has 0 spiro atoms. The average molecular weight is 596 g/mol. The lowest BCUT2D eigenvalue weighted by molar-refractivity contribution is -0.137. The van der Waals surface area contributed by atoms with Crippen LogP contribution in [0, 0.1) is 0 Å². The molecule has 2 aromatic carbocycles. The van der Waals surface area contributed by atoms with Crippen LogP contribution < -0.4 is 10.5 Å². The van der Waals surface area contributed by atoms with Crippen LogP contribution in [0.25, 0.3) is 10.6 Å². The Morgan fingerprint density at radius 2 is 1.82 bits per heavy atom. The Hall–Kier alpha value is -2.48. The number of nitrogens with zero attached hydrogens (tertiary/aromatic N) is 2. The second-order valence-electron chi connectivity index (χ2n) is 9.00. The molecule has 0 saturated carbocycles. The minimum absolute atomic E-state index is 0.00456. The van der Waals surface area contributed by atoms with E-state index in [-0.39, 0.29) is 27.9 Å². The summed E-state index contributed by atoms with van der Waals surface area (Å²) in [5.41, 5.74) is 4.51. The molecule has 3 aromatic rings. The van der Waals surface area contributed by atoms with Gasteiger partial charge in [0.1, 0.15) is 15.8 Å². The number of halogens is 5. The second kappa shape index (κ2) is 12.8. The van der Waals surface area contributed by atoms with E-state index < -0.39 is 38.1 Å². The predicted molar refractivity (Wildman–Crippen MR) is 134 cm³/mol. The number of hydrogen-bond acceptors (Lipinski definition) is 7. The average Bonchev–Trinajstić information content (AvgIpc) is 3.36. The molecule has 39 heavy (non-hydrogen) atoms. The number of benzene rings is 2. The van der Waals surface area contributed by atoms with E-state index in [0.717, 1.165) is 23.5 Å². The molecule has 0 amide bonds. The highest BCUT2D eigenvalue weighted by Crippen LogP contribution is 2.39. The van der Waals surface area contributed by atoms with Crippen molar-refractivity contribution in [3.63, 3.8) is 0 Å². The number of alkyl halides is 5. The number of phosphoric acid groups is 1. The zero-order chi connectivity index (χ0) is 28.8. The van der Waals surface area contributed by atoms with Gasteiger partial charge in [0.05, 0.1) is 29.9 Å². The van der Waals surface area contributed by atoms with E-state index in [9.17, 15) is 26.5 Å². The van der Waals surface area contributed by atoms with Crippen LogP contribution in [0.5, 0.6) is 5.75 Å². The normalized spacial score (nSPS) is 14.0. The lowest BCUT2D eigenvalue weighted by Crippen LogP contribution is -2.37. The molecule has 0 saturated heterocycles. The Bertz CT molecular complexity index is 1300. The van der Waals surface area contributed by atoms with Gasteiger partial charge in [-0.3, -0.25) is 4.52 Å². The maximum absolute atomic E-state index is 13.8.